The predicted octanol–water partition coefficient (Wildman–Crippen LogP) is 1.07. The number of carbonyl (C=O) groups is 2. The van der Waals surface area contributed by atoms with E-state index in [2.05, 4.69) is 5.32 Å². The highest BCUT2D eigenvalue weighted by Gasteiger charge is 2.43. The highest BCUT2D eigenvalue weighted by Crippen LogP contribution is 2.26. The molecule has 0 aromatic rings. The van der Waals surface area contributed by atoms with E-state index in [1.54, 1.807) is 7.11 Å². The Morgan fingerprint density at radius 3 is 2.47 bits per heavy atom. The van der Waals surface area contributed by atoms with E-state index in [9.17, 15) is 9.59 Å². The van der Waals surface area contributed by atoms with Crippen molar-refractivity contribution in [3.63, 3.8) is 0 Å². The van der Waals surface area contributed by atoms with E-state index < -0.39 is 0 Å². The second-order valence-corrected chi connectivity index (χ2v) is 5.52. The minimum atomic E-state index is -0.323. The molecule has 1 atom stereocenters. The zero-order valence-electron chi connectivity index (χ0n) is 12.0. The molecule has 2 aliphatic rings. The number of hydrogen-bond donors (Lipinski definition) is 1. The molecule has 0 aromatic carbocycles. The van der Waals surface area contributed by atoms with E-state index in [1.165, 1.54) is 4.90 Å². The number of carbonyl (C=O) groups excluding carboxylic acids is 2. The molecular weight excluding hydrogens is 244 g/mol. The van der Waals surface area contributed by atoms with Crippen molar-refractivity contribution in [3.8, 4) is 0 Å². The Hall–Kier alpha value is -0.940. The second-order valence-electron chi connectivity index (χ2n) is 5.52. The first-order chi connectivity index (χ1) is 9.10. The zero-order valence-corrected chi connectivity index (χ0v) is 12.0. The summed E-state index contributed by atoms with van der Waals surface area (Å²) in [5.41, 5.74) is 0. The Labute approximate surface area is 114 Å². The number of nitrogens with zero attached hydrogens (tertiary/aromatic N) is 1. The summed E-state index contributed by atoms with van der Waals surface area (Å²) in [6, 6.07) is 0.0455. The van der Waals surface area contributed by atoms with E-state index in [0.717, 1.165) is 25.7 Å². The SMILES string of the molecule is CCC(CC)N1C(=O)CC(NC2CC(OC)C2)C1=O. The summed E-state index contributed by atoms with van der Waals surface area (Å²) in [5.74, 6) is -0.0709. The summed E-state index contributed by atoms with van der Waals surface area (Å²) in [6.07, 6.45) is 4.13. The van der Waals surface area contributed by atoms with Crippen LogP contribution in [0.3, 0.4) is 0 Å². The molecule has 1 N–H and O–H groups in total. The number of hydrogen-bond acceptors (Lipinski definition) is 4. The van der Waals surface area contributed by atoms with Gasteiger partial charge in [0.2, 0.25) is 11.8 Å². The Morgan fingerprint density at radius 1 is 1.32 bits per heavy atom. The van der Waals surface area contributed by atoms with Gasteiger partial charge in [0, 0.05) is 19.2 Å². The van der Waals surface area contributed by atoms with Crippen molar-refractivity contribution in [2.24, 2.45) is 0 Å². The maximum absolute atomic E-state index is 12.3. The third-order valence-corrected chi connectivity index (χ3v) is 4.36. The van der Waals surface area contributed by atoms with Crippen molar-refractivity contribution in [1.29, 1.82) is 0 Å². The topological polar surface area (TPSA) is 58.6 Å². The summed E-state index contributed by atoms with van der Waals surface area (Å²) in [6.45, 7) is 4.04. The van der Waals surface area contributed by atoms with Crippen LogP contribution in [0.2, 0.25) is 0 Å². The molecule has 2 amide bonds. The number of ether oxygens (including phenoxy) is 1. The van der Waals surface area contributed by atoms with Crippen LogP contribution < -0.4 is 5.32 Å². The maximum Gasteiger partial charge on any atom is 0.247 e. The summed E-state index contributed by atoms with van der Waals surface area (Å²) in [7, 11) is 1.71. The number of likely N-dealkylation sites (tertiary alicyclic amines) is 1. The van der Waals surface area contributed by atoms with Crippen molar-refractivity contribution in [3.05, 3.63) is 0 Å². The molecule has 5 heteroatoms. The molecule has 1 aliphatic heterocycles. The number of methoxy groups -OCH3 is 1. The molecule has 1 saturated carbocycles. The van der Waals surface area contributed by atoms with Crippen LogP contribution in [0, 0.1) is 0 Å². The third-order valence-electron chi connectivity index (χ3n) is 4.36. The minimum Gasteiger partial charge on any atom is -0.381 e. The Morgan fingerprint density at radius 2 is 1.95 bits per heavy atom. The average Bonchev–Trinajstić information content (AvgIpc) is 2.62. The lowest BCUT2D eigenvalue weighted by Gasteiger charge is -2.36. The van der Waals surface area contributed by atoms with Gasteiger partial charge in [0.1, 0.15) is 0 Å². The van der Waals surface area contributed by atoms with Gasteiger partial charge in [-0.05, 0) is 25.7 Å². The Kier molecular flexibility index (Phi) is 4.58. The number of amides is 2. The fourth-order valence-corrected chi connectivity index (χ4v) is 3.00. The molecule has 1 heterocycles. The van der Waals surface area contributed by atoms with Crippen LogP contribution in [-0.2, 0) is 14.3 Å². The molecule has 2 fully saturated rings. The summed E-state index contributed by atoms with van der Waals surface area (Å²) >= 11 is 0. The standard InChI is InChI=1S/C14H24N2O3/c1-4-10(5-2)16-13(17)8-12(14(16)18)15-9-6-11(7-9)19-3/h9-12,15H,4-8H2,1-3H3. The van der Waals surface area contributed by atoms with Gasteiger partial charge in [0.25, 0.3) is 0 Å². The minimum absolute atomic E-state index is 0.0289. The number of nitrogens with one attached hydrogen (secondary N) is 1. The van der Waals surface area contributed by atoms with Crippen molar-refractivity contribution in [2.75, 3.05) is 7.11 Å². The van der Waals surface area contributed by atoms with Crippen LogP contribution in [0.1, 0.15) is 46.0 Å². The molecule has 0 bridgehead atoms. The molecular formula is C14H24N2O3. The monoisotopic (exact) mass is 268 g/mol. The van der Waals surface area contributed by atoms with Crippen molar-refractivity contribution < 1.29 is 14.3 Å². The fourth-order valence-electron chi connectivity index (χ4n) is 3.00. The smallest absolute Gasteiger partial charge is 0.247 e. The predicted molar refractivity (Wildman–Crippen MR) is 71.6 cm³/mol. The maximum atomic E-state index is 12.3. The van der Waals surface area contributed by atoms with Crippen LogP contribution in [0.15, 0.2) is 0 Å². The van der Waals surface area contributed by atoms with Crippen LogP contribution >= 0.6 is 0 Å². The van der Waals surface area contributed by atoms with E-state index in [1.807, 2.05) is 13.8 Å². The van der Waals surface area contributed by atoms with Crippen molar-refractivity contribution in [2.45, 2.75) is 70.2 Å². The zero-order chi connectivity index (χ0) is 14.0. The Balaban J connectivity index is 1.91. The third kappa shape index (κ3) is 2.82. The van der Waals surface area contributed by atoms with Crippen molar-refractivity contribution >= 4 is 11.8 Å². The molecule has 1 saturated heterocycles. The molecule has 19 heavy (non-hydrogen) atoms. The van der Waals surface area contributed by atoms with Crippen molar-refractivity contribution in [1.82, 2.24) is 10.2 Å². The molecule has 1 unspecified atom stereocenters. The Bertz CT molecular complexity index is 349. The van der Waals surface area contributed by atoms with Crippen LogP contribution in [0.5, 0.6) is 0 Å². The van der Waals surface area contributed by atoms with Gasteiger partial charge in [-0.3, -0.25) is 14.5 Å². The first-order valence-corrected chi connectivity index (χ1v) is 7.25. The van der Waals surface area contributed by atoms with Gasteiger partial charge in [0.15, 0.2) is 0 Å². The lowest BCUT2D eigenvalue weighted by atomic mass is 9.88. The lowest BCUT2D eigenvalue weighted by Crippen LogP contribution is -2.52. The molecule has 108 valence electrons. The van der Waals surface area contributed by atoms with Crippen LogP contribution in [0.25, 0.3) is 0 Å². The number of rotatable bonds is 6. The highest BCUT2D eigenvalue weighted by molar-refractivity contribution is 6.05. The van der Waals surface area contributed by atoms with Gasteiger partial charge < -0.3 is 10.1 Å². The molecule has 0 aromatic heterocycles. The molecule has 5 nitrogen and oxygen atoms in total. The summed E-state index contributed by atoms with van der Waals surface area (Å²) in [5, 5.41) is 3.30. The number of imide groups is 1. The first-order valence-electron chi connectivity index (χ1n) is 7.25. The van der Waals surface area contributed by atoms with Gasteiger partial charge >= 0.3 is 0 Å². The summed E-state index contributed by atoms with van der Waals surface area (Å²) < 4.78 is 5.22. The quantitative estimate of drug-likeness (QED) is 0.732. The van der Waals surface area contributed by atoms with E-state index in [4.69, 9.17) is 4.74 Å². The van der Waals surface area contributed by atoms with E-state index in [-0.39, 0.29) is 23.9 Å². The van der Waals surface area contributed by atoms with Crippen LogP contribution in [0.4, 0.5) is 0 Å². The van der Waals surface area contributed by atoms with Gasteiger partial charge in [-0.1, -0.05) is 13.8 Å². The molecule has 0 spiro atoms. The van der Waals surface area contributed by atoms with Gasteiger partial charge in [-0.25, -0.2) is 0 Å². The largest absolute Gasteiger partial charge is 0.381 e. The first kappa shape index (κ1) is 14.5. The van der Waals surface area contributed by atoms with Crippen LogP contribution in [-0.4, -0.2) is 48.1 Å². The highest BCUT2D eigenvalue weighted by atomic mass is 16.5. The normalized spacial score (nSPS) is 31.2. The molecule has 1 aliphatic carbocycles. The summed E-state index contributed by atoms with van der Waals surface area (Å²) in [4.78, 5) is 25.8. The molecule has 2 rings (SSSR count). The van der Waals surface area contributed by atoms with Gasteiger partial charge in [0.05, 0.1) is 18.6 Å². The lowest BCUT2D eigenvalue weighted by molar-refractivity contribution is -0.141. The fraction of sp³-hybridized carbons (Fsp3) is 0.857. The van der Waals surface area contributed by atoms with E-state index in [0.29, 0.717) is 18.6 Å². The molecule has 0 radical (unpaired) electrons. The van der Waals surface area contributed by atoms with E-state index >= 15 is 0 Å². The average molecular weight is 268 g/mol. The van der Waals surface area contributed by atoms with Gasteiger partial charge in [-0.15, -0.1) is 0 Å². The van der Waals surface area contributed by atoms with Gasteiger partial charge in [-0.2, -0.15) is 0 Å². The second kappa shape index (κ2) is 6.01.